The first-order valence-corrected chi connectivity index (χ1v) is 8.07. The van der Waals surface area contributed by atoms with E-state index in [1.54, 1.807) is 12.1 Å². The number of hydrogen-bond acceptors (Lipinski definition) is 2. The number of aromatic nitrogens is 1. The van der Waals surface area contributed by atoms with Gasteiger partial charge in [-0.2, -0.15) is 4.99 Å². The lowest BCUT2D eigenvalue weighted by Gasteiger charge is -1.99. The number of halogens is 1. The van der Waals surface area contributed by atoms with Gasteiger partial charge < -0.3 is 4.57 Å². The number of rotatable bonds is 1. The summed E-state index contributed by atoms with van der Waals surface area (Å²) >= 11 is 4.90. The number of aryl methyl sites for hydroxylation is 2. The summed E-state index contributed by atoms with van der Waals surface area (Å²) in [6.45, 7) is 2.06. The van der Waals surface area contributed by atoms with E-state index in [2.05, 4.69) is 40.0 Å². The predicted molar refractivity (Wildman–Crippen MR) is 89.6 cm³/mol. The van der Waals surface area contributed by atoms with E-state index in [0.717, 1.165) is 14.7 Å². The Morgan fingerprint density at radius 1 is 1.24 bits per heavy atom. The molecule has 0 fully saturated rings. The molecule has 3 aromatic rings. The van der Waals surface area contributed by atoms with Gasteiger partial charge in [0, 0.05) is 17.1 Å². The average molecular weight is 361 g/mol. The fourth-order valence-corrected chi connectivity index (χ4v) is 3.77. The van der Waals surface area contributed by atoms with Gasteiger partial charge in [-0.1, -0.05) is 45.5 Å². The van der Waals surface area contributed by atoms with Crippen molar-refractivity contribution in [3.8, 4) is 0 Å². The number of carbonyl (C=O) groups excluding carboxylic acids is 1. The maximum absolute atomic E-state index is 12.3. The summed E-state index contributed by atoms with van der Waals surface area (Å²) in [5.74, 6) is -0.226. The van der Waals surface area contributed by atoms with Crippen molar-refractivity contribution in [2.45, 2.75) is 6.92 Å². The normalized spacial score (nSPS) is 12.0. The van der Waals surface area contributed by atoms with Crippen LogP contribution in [0.3, 0.4) is 0 Å². The Kier molecular flexibility index (Phi) is 3.78. The van der Waals surface area contributed by atoms with Crippen LogP contribution in [-0.2, 0) is 7.05 Å². The topological polar surface area (TPSA) is 34.4 Å². The van der Waals surface area contributed by atoms with Crippen molar-refractivity contribution in [1.29, 1.82) is 0 Å². The van der Waals surface area contributed by atoms with Crippen LogP contribution in [0.4, 0.5) is 0 Å². The number of para-hydroxylation sites is 1. The van der Waals surface area contributed by atoms with E-state index in [4.69, 9.17) is 0 Å². The summed E-state index contributed by atoms with van der Waals surface area (Å²) < 4.78 is 3.99. The van der Waals surface area contributed by atoms with Gasteiger partial charge in [0.1, 0.15) is 0 Å². The molecule has 3 rings (SSSR count). The van der Waals surface area contributed by atoms with Crippen LogP contribution in [0.2, 0.25) is 0 Å². The second-order valence-corrected chi connectivity index (χ2v) is 6.72. The first-order valence-electron chi connectivity index (χ1n) is 6.46. The molecule has 0 atom stereocenters. The highest BCUT2D eigenvalue weighted by molar-refractivity contribution is 9.10. The van der Waals surface area contributed by atoms with Gasteiger partial charge in [0.2, 0.25) is 0 Å². The number of nitrogens with zero attached hydrogens (tertiary/aromatic N) is 2. The highest BCUT2D eigenvalue weighted by atomic mass is 79.9. The van der Waals surface area contributed by atoms with E-state index in [1.807, 2.05) is 29.8 Å². The van der Waals surface area contributed by atoms with Gasteiger partial charge in [0.05, 0.1) is 10.2 Å². The molecule has 0 aliphatic carbocycles. The standard InChI is InChI=1S/C16H13BrN2OS/c1-10-5-3-8-13-14(10)19(2)16(21-13)18-15(20)11-6-4-7-12(17)9-11/h3-9H,1-2H3. The van der Waals surface area contributed by atoms with Crippen LogP contribution in [0.1, 0.15) is 15.9 Å². The molecular formula is C16H13BrN2OS. The zero-order valence-corrected chi connectivity index (χ0v) is 14.0. The third-order valence-corrected chi connectivity index (χ3v) is 4.88. The molecular weight excluding hydrogens is 348 g/mol. The molecule has 1 heterocycles. The zero-order chi connectivity index (χ0) is 15.0. The maximum Gasteiger partial charge on any atom is 0.279 e. The number of fused-ring (bicyclic) bond motifs is 1. The largest absolute Gasteiger partial charge is 0.319 e. The zero-order valence-electron chi connectivity index (χ0n) is 11.6. The van der Waals surface area contributed by atoms with Gasteiger partial charge in [0.15, 0.2) is 4.80 Å². The second kappa shape index (κ2) is 5.58. The summed E-state index contributed by atoms with van der Waals surface area (Å²) in [7, 11) is 1.94. The minimum atomic E-state index is -0.226. The summed E-state index contributed by atoms with van der Waals surface area (Å²) in [5.41, 5.74) is 2.89. The van der Waals surface area contributed by atoms with Crippen LogP contribution in [0.25, 0.3) is 10.2 Å². The highest BCUT2D eigenvalue weighted by Crippen LogP contribution is 2.20. The SMILES string of the molecule is Cc1cccc2sc(=NC(=O)c3cccc(Br)c3)n(C)c12. The van der Waals surface area contributed by atoms with Crippen molar-refractivity contribution in [3.63, 3.8) is 0 Å². The van der Waals surface area contributed by atoms with E-state index in [-0.39, 0.29) is 5.91 Å². The number of amides is 1. The molecule has 0 saturated carbocycles. The van der Waals surface area contributed by atoms with E-state index in [1.165, 1.54) is 16.9 Å². The smallest absolute Gasteiger partial charge is 0.279 e. The van der Waals surface area contributed by atoms with Crippen LogP contribution in [0, 0.1) is 6.92 Å². The summed E-state index contributed by atoms with van der Waals surface area (Å²) in [4.78, 5) is 17.3. The Balaban J connectivity index is 2.14. The van der Waals surface area contributed by atoms with E-state index >= 15 is 0 Å². The average Bonchev–Trinajstić information content (AvgIpc) is 2.77. The number of benzene rings is 2. The lowest BCUT2D eigenvalue weighted by atomic mass is 10.2. The molecule has 0 N–H and O–H groups in total. The number of thiazole rings is 1. The highest BCUT2D eigenvalue weighted by Gasteiger charge is 2.08. The summed E-state index contributed by atoms with van der Waals surface area (Å²) in [6, 6.07) is 13.4. The third-order valence-electron chi connectivity index (χ3n) is 3.29. The van der Waals surface area contributed by atoms with Gasteiger partial charge in [-0.05, 0) is 36.8 Å². The van der Waals surface area contributed by atoms with Crippen molar-refractivity contribution in [1.82, 2.24) is 4.57 Å². The Hall–Kier alpha value is -1.72. The Morgan fingerprint density at radius 2 is 2.00 bits per heavy atom. The monoisotopic (exact) mass is 360 g/mol. The Bertz CT molecular complexity index is 908. The third kappa shape index (κ3) is 2.71. The van der Waals surface area contributed by atoms with E-state index in [0.29, 0.717) is 10.4 Å². The second-order valence-electron chi connectivity index (χ2n) is 4.79. The molecule has 1 amide bonds. The molecule has 0 unspecified atom stereocenters. The van der Waals surface area contributed by atoms with Crippen LogP contribution in [0.5, 0.6) is 0 Å². The van der Waals surface area contributed by atoms with Gasteiger partial charge in [-0.15, -0.1) is 0 Å². The molecule has 3 nitrogen and oxygen atoms in total. The predicted octanol–water partition coefficient (Wildman–Crippen LogP) is 4.05. The van der Waals surface area contributed by atoms with Crippen LogP contribution < -0.4 is 4.80 Å². The van der Waals surface area contributed by atoms with Gasteiger partial charge >= 0.3 is 0 Å². The van der Waals surface area contributed by atoms with Crippen molar-refractivity contribution in [2.75, 3.05) is 0 Å². The molecule has 0 bridgehead atoms. The maximum atomic E-state index is 12.3. The van der Waals surface area contributed by atoms with Crippen LogP contribution in [-0.4, -0.2) is 10.5 Å². The fraction of sp³-hybridized carbons (Fsp3) is 0.125. The lowest BCUT2D eigenvalue weighted by molar-refractivity contribution is 0.0998. The van der Waals surface area contributed by atoms with Crippen molar-refractivity contribution < 1.29 is 4.79 Å². The molecule has 2 aromatic carbocycles. The first-order chi connectivity index (χ1) is 10.1. The number of carbonyl (C=O) groups is 1. The molecule has 21 heavy (non-hydrogen) atoms. The lowest BCUT2D eigenvalue weighted by Crippen LogP contribution is -2.13. The Morgan fingerprint density at radius 3 is 2.71 bits per heavy atom. The minimum absolute atomic E-state index is 0.226. The molecule has 0 spiro atoms. The molecule has 0 radical (unpaired) electrons. The van der Waals surface area contributed by atoms with Crippen molar-refractivity contribution >= 4 is 43.4 Å². The quantitative estimate of drug-likeness (QED) is 0.644. The molecule has 106 valence electrons. The van der Waals surface area contributed by atoms with Crippen molar-refractivity contribution in [2.24, 2.45) is 12.0 Å². The van der Waals surface area contributed by atoms with Crippen LogP contribution in [0.15, 0.2) is 51.9 Å². The number of hydrogen-bond donors (Lipinski definition) is 0. The molecule has 0 aliphatic rings. The van der Waals surface area contributed by atoms with Gasteiger partial charge in [0.25, 0.3) is 5.91 Å². The Labute approximate surface area is 134 Å². The molecule has 1 aromatic heterocycles. The van der Waals surface area contributed by atoms with Crippen molar-refractivity contribution in [3.05, 3.63) is 62.9 Å². The molecule has 0 aliphatic heterocycles. The summed E-state index contributed by atoms with van der Waals surface area (Å²) in [5, 5.41) is 0. The molecule has 5 heteroatoms. The summed E-state index contributed by atoms with van der Waals surface area (Å²) in [6.07, 6.45) is 0. The first kappa shape index (κ1) is 14.2. The van der Waals surface area contributed by atoms with Gasteiger partial charge in [-0.3, -0.25) is 4.79 Å². The van der Waals surface area contributed by atoms with Gasteiger partial charge in [-0.25, -0.2) is 0 Å². The van der Waals surface area contributed by atoms with E-state index in [9.17, 15) is 4.79 Å². The minimum Gasteiger partial charge on any atom is -0.319 e. The molecule has 0 saturated heterocycles. The van der Waals surface area contributed by atoms with E-state index < -0.39 is 0 Å². The van der Waals surface area contributed by atoms with Crippen LogP contribution >= 0.6 is 27.3 Å². The fourth-order valence-electron chi connectivity index (χ4n) is 2.28.